The highest BCUT2D eigenvalue weighted by Crippen LogP contribution is 2.31. The number of oxazole rings is 1. The lowest BCUT2D eigenvalue weighted by Crippen LogP contribution is -2.47. The predicted molar refractivity (Wildman–Crippen MR) is 116 cm³/mol. The van der Waals surface area contributed by atoms with Gasteiger partial charge in [-0.05, 0) is 42.3 Å². The van der Waals surface area contributed by atoms with Crippen molar-refractivity contribution in [1.29, 1.82) is 5.26 Å². The van der Waals surface area contributed by atoms with Crippen LogP contribution >= 0.6 is 11.3 Å². The maximum Gasteiger partial charge on any atom is 0.419 e. The van der Waals surface area contributed by atoms with Crippen molar-refractivity contribution >= 4 is 28.3 Å². The summed E-state index contributed by atoms with van der Waals surface area (Å²) in [6.45, 7) is -1.38. The third-order valence-electron chi connectivity index (χ3n) is 5.87. The van der Waals surface area contributed by atoms with Crippen LogP contribution in [0, 0.1) is 17.2 Å². The normalized spacial score (nSPS) is 25.4. The van der Waals surface area contributed by atoms with E-state index in [9.17, 15) is 14.9 Å². The second-order valence-electron chi connectivity index (χ2n) is 7.91. The minimum atomic E-state index is -2.65. The molecular formula is C22H22N4O4S. The van der Waals surface area contributed by atoms with Crippen LogP contribution in [0.5, 0.6) is 0 Å². The Labute approximate surface area is 186 Å². The summed E-state index contributed by atoms with van der Waals surface area (Å²) in [6, 6.07) is 10.1. The van der Waals surface area contributed by atoms with Gasteiger partial charge in [-0.1, -0.05) is 0 Å². The first-order valence-corrected chi connectivity index (χ1v) is 10.8. The Morgan fingerprint density at radius 2 is 2.35 bits per heavy atom. The molecule has 0 spiro atoms. The highest BCUT2D eigenvalue weighted by Gasteiger charge is 2.40. The molecule has 2 aliphatic heterocycles. The summed E-state index contributed by atoms with van der Waals surface area (Å²) in [5, 5.41) is 15.7. The topological polar surface area (TPSA) is 109 Å². The Morgan fingerprint density at radius 1 is 1.45 bits per heavy atom. The van der Waals surface area contributed by atoms with Gasteiger partial charge in [0.2, 0.25) is 5.91 Å². The number of benzene rings is 1. The number of ether oxygens (including phenoxy) is 1. The van der Waals surface area contributed by atoms with Gasteiger partial charge < -0.3 is 19.8 Å². The number of rotatable bonds is 5. The molecule has 2 N–H and O–H groups in total. The number of carbonyl (C=O) groups excluding carboxylic acids is 1. The Balaban J connectivity index is 1.30. The molecule has 0 unspecified atom stereocenters. The van der Waals surface area contributed by atoms with Crippen LogP contribution in [0.4, 0.5) is 0 Å². The number of nitrogens with one attached hydrogen (secondary N) is 2. The third-order valence-corrected chi connectivity index (χ3v) is 7.03. The number of nitriles is 1. The quantitative estimate of drug-likeness (QED) is 0.625. The molecule has 31 heavy (non-hydrogen) atoms. The SMILES string of the molecule is [2H]C([2H])([2H])n1c(=O)oc2ccc(-c3ccc(C[C@@H](C#N)NC(=O)[C@@H]4C[C@@H]5COC[C@@H]5N4)s3)cc21. The first kappa shape index (κ1) is 16.7. The van der Waals surface area contributed by atoms with Crippen molar-refractivity contribution in [3.63, 3.8) is 0 Å². The molecule has 4 atom stereocenters. The Hall–Kier alpha value is -2.93. The molecular weight excluding hydrogens is 416 g/mol. The zero-order valence-electron chi connectivity index (χ0n) is 19.5. The summed E-state index contributed by atoms with van der Waals surface area (Å²) in [4.78, 5) is 26.4. The second-order valence-corrected chi connectivity index (χ2v) is 9.07. The number of aromatic nitrogens is 1. The number of nitrogens with zero attached hydrogens (tertiary/aromatic N) is 2. The standard InChI is InChI=1S/C22H22N4O4S/c1-26-18-7-12(2-4-19(18)30-22(26)28)20-5-3-15(31-20)8-14(9-23)24-21(27)16-6-13-10-29-11-17(13)25-16/h2-5,7,13-14,16-17,25H,6,8,10-11H2,1H3,(H,24,27)/t13-,14+,16+,17+/m1/s1/i1D3. The molecule has 8 nitrogen and oxygen atoms in total. The van der Waals surface area contributed by atoms with Crippen molar-refractivity contribution in [2.75, 3.05) is 13.2 Å². The van der Waals surface area contributed by atoms with E-state index in [1.165, 1.54) is 11.3 Å². The van der Waals surface area contributed by atoms with E-state index in [1.54, 1.807) is 18.2 Å². The van der Waals surface area contributed by atoms with Gasteiger partial charge in [0.05, 0.1) is 30.8 Å². The van der Waals surface area contributed by atoms with E-state index in [0.717, 1.165) is 15.3 Å². The number of thiophene rings is 1. The zero-order chi connectivity index (χ0) is 24.0. The lowest BCUT2D eigenvalue weighted by molar-refractivity contribution is -0.123. The number of carbonyl (C=O) groups is 1. The van der Waals surface area contributed by atoms with Crippen LogP contribution in [0.1, 0.15) is 15.4 Å². The fourth-order valence-corrected chi connectivity index (χ4v) is 5.29. The number of hydrogen-bond acceptors (Lipinski definition) is 7. The van der Waals surface area contributed by atoms with Gasteiger partial charge in [-0.15, -0.1) is 11.3 Å². The van der Waals surface area contributed by atoms with Crippen LogP contribution in [-0.2, 0) is 22.9 Å². The van der Waals surface area contributed by atoms with Crippen molar-refractivity contribution in [3.8, 4) is 16.5 Å². The van der Waals surface area contributed by atoms with E-state index in [1.807, 2.05) is 12.1 Å². The lowest BCUT2D eigenvalue weighted by atomic mass is 10.0. The van der Waals surface area contributed by atoms with Gasteiger partial charge in [0.25, 0.3) is 0 Å². The maximum atomic E-state index is 12.7. The van der Waals surface area contributed by atoms with Crippen molar-refractivity contribution in [2.24, 2.45) is 12.9 Å². The van der Waals surface area contributed by atoms with E-state index in [4.69, 9.17) is 13.3 Å². The molecule has 1 amide bonds. The molecule has 2 saturated heterocycles. The molecule has 0 bridgehead atoms. The van der Waals surface area contributed by atoms with Gasteiger partial charge in [0.15, 0.2) is 5.58 Å². The molecule has 1 aromatic carbocycles. The summed E-state index contributed by atoms with van der Waals surface area (Å²) >= 11 is 1.44. The van der Waals surface area contributed by atoms with Crippen molar-refractivity contribution < 1.29 is 18.1 Å². The molecule has 9 heteroatoms. The van der Waals surface area contributed by atoms with Crippen LogP contribution in [0.15, 0.2) is 39.5 Å². The first-order chi connectivity index (χ1) is 16.2. The molecule has 0 aliphatic carbocycles. The van der Waals surface area contributed by atoms with Crippen LogP contribution in [-0.4, -0.2) is 41.8 Å². The van der Waals surface area contributed by atoms with Crippen LogP contribution in [0.3, 0.4) is 0 Å². The summed E-state index contributed by atoms with van der Waals surface area (Å²) < 4.78 is 34.0. The Bertz CT molecular complexity index is 1330. The molecule has 2 fully saturated rings. The van der Waals surface area contributed by atoms with Crippen LogP contribution in [0.2, 0.25) is 0 Å². The third kappa shape index (κ3) is 3.78. The van der Waals surface area contributed by atoms with Gasteiger partial charge in [0.1, 0.15) is 6.04 Å². The number of fused-ring (bicyclic) bond motifs is 2. The number of hydrogen-bond donors (Lipinski definition) is 2. The van der Waals surface area contributed by atoms with Gasteiger partial charge in [0, 0.05) is 39.2 Å². The molecule has 2 aliphatic rings. The van der Waals surface area contributed by atoms with E-state index in [-0.39, 0.29) is 29.1 Å². The summed E-state index contributed by atoms with van der Waals surface area (Å²) in [6.07, 6.45) is 1.05. The minimum Gasteiger partial charge on any atom is -0.408 e. The van der Waals surface area contributed by atoms with Crippen molar-refractivity contribution in [3.05, 3.63) is 45.8 Å². The molecule has 160 valence electrons. The van der Waals surface area contributed by atoms with Gasteiger partial charge in [-0.2, -0.15) is 5.26 Å². The average molecular weight is 442 g/mol. The van der Waals surface area contributed by atoms with Gasteiger partial charge in [-0.25, -0.2) is 4.79 Å². The van der Waals surface area contributed by atoms with Crippen molar-refractivity contribution in [1.82, 2.24) is 15.2 Å². The maximum absolute atomic E-state index is 12.7. The van der Waals surface area contributed by atoms with Crippen LogP contribution < -0.4 is 16.4 Å². The fourth-order valence-electron chi connectivity index (χ4n) is 4.24. The highest BCUT2D eigenvalue weighted by atomic mass is 32.1. The van der Waals surface area contributed by atoms with Gasteiger partial charge in [-0.3, -0.25) is 9.36 Å². The molecule has 0 saturated carbocycles. The highest BCUT2D eigenvalue weighted by molar-refractivity contribution is 7.15. The first-order valence-electron chi connectivity index (χ1n) is 11.5. The summed E-state index contributed by atoms with van der Waals surface area (Å²) in [5.74, 6) is -0.768. The van der Waals surface area contributed by atoms with E-state index in [0.29, 0.717) is 36.5 Å². The fraction of sp³-hybridized carbons (Fsp3) is 0.409. The molecule has 2 aromatic heterocycles. The summed E-state index contributed by atoms with van der Waals surface area (Å²) in [7, 11) is 0. The van der Waals surface area contributed by atoms with E-state index in [2.05, 4.69) is 16.7 Å². The molecule has 0 radical (unpaired) electrons. The Morgan fingerprint density at radius 3 is 3.16 bits per heavy atom. The monoisotopic (exact) mass is 441 g/mol. The zero-order valence-corrected chi connectivity index (χ0v) is 17.3. The number of aryl methyl sites for hydroxylation is 1. The van der Waals surface area contributed by atoms with E-state index < -0.39 is 18.8 Å². The molecule has 3 aromatic rings. The second kappa shape index (κ2) is 7.96. The van der Waals surface area contributed by atoms with Gasteiger partial charge >= 0.3 is 5.76 Å². The summed E-state index contributed by atoms with van der Waals surface area (Å²) in [5.41, 5.74) is 1.12. The predicted octanol–water partition coefficient (Wildman–Crippen LogP) is 1.79. The molecule has 4 heterocycles. The Kier molecular flexibility index (Phi) is 4.30. The largest absolute Gasteiger partial charge is 0.419 e. The van der Waals surface area contributed by atoms with Crippen molar-refractivity contribution in [2.45, 2.75) is 31.0 Å². The van der Waals surface area contributed by atoms with E-state index >= 15 is 0 Å². The smallest absolute Gasteiger partial charge is 0.408 e. The lowest BCUT2D eigenvalue weighted by Gasteiger charge is -2.16. The average Bonchev–Trinajstić information content (AvgIpc) is 3.53. The number of amides is 1. The molecule has 5 rings (SSSR count). The minimum absolute atomic E-state index is 0.175. The van der Waals surface area contributed by atoms with Crippen LogP contribution in [0.25, 0.3) is 21.5 Å².